The lowest BCUT2D eigenvalue weighted by atomic mass is 10.2. The van der Waals surface area contributed by atoms with Crippen LogP contribution in [-0.4, -0.2) is 22.7 Å². The lowest BCUT2D eigenvalue weighted by molar-refractivity contribution is 0.0955. The topological polar surface area (TPSA) is 64.0 Å². The van der Waals surface area contributed by atoms with Gasteiger partial charge < -0.3 is 5.32 Å². The van der Waals surface area contributed by atoms with Crippen molar-refractivity contribution in [3.05, 3.63) is 40.2 Å². The van der Waals surface area contributed by atoms with E-state index < -0.39 is 5.91 Å². The summed E-state index contributed by atoms with van der Waals surface area (Å²) in [6, 6.07) is 7.14. The van der Waals surface area contributed by atoms with Gasteiger partial charge in [0.2, 0.25) is 5.43 Å². The highest BCUT2D eigenvalue weighted by atomic mass is 16.2. The first-order chi connectivity index (χ1) is 8.19. The summed E-state index contributed by atoms with van der Waals surface area (Å²) in [5, 5.41) is 7.02. The zero-order valence-electron chi connectivity index (χ0n) is 9.73. The van der Waals surface area contributed by atoms with Crippen LogP contribution in [0, 0.1) is 0 Å². The van der Waals surface area contributed by atoms with Gasteiger partial charge in [-0.3, -0.25) is 14.3 Å². The number of benzene rings is 1. The number of hydrogen-bond donors (Lipinski definition) is 1. The summed E-state index contributed by atoms with van der Waals surface area (Å²) in [7, 11) is 1.48. The first-order valence-electron chi connectivity index (χ1n) is 5.41. The first kappa shape index (κ1) is 11.3. The number of fused-ring (bicyclic) bond motifs is 1. The molecule has 88 valence electrons. The normalized spacial score (nSPS) is 10.5. The van der Waals surface area contributed by atoms with Crippen molar-refractivity contribution in [2.45, 2.75) is 13.5 Å². The van der Waals surface area contributed by atoms with E-state index >= 15 is 0 Å². The Morgan fingerprint density at radius 2 is 2.12 bits per heavy atom. The molecule has 1 N–H and O–H groups in total. The number of nitrogens with one attached hydrogen (secondary N) is 1. The van der Waals surface area contributed by atoms with Gasteiger partial charge in [0.1, 0.15) is 0 Å². The largest absolute Gasteiger partial charge is 0.354 e. The van der Waals surface area contributed by atoms with Crippen molar-refractivity contribution in [3.8, 4) is 0 Å². The summed E-state index contributed by atoms with van der Waals surface area (Å²) in [6.07, 6.45) is 0. The van der Waals surface area contributed by atoms with Crippen LogP contribution in [0.5, 0.6) is 0 Å². The molecule has 0 aliphatic rings. The second-order valence-electron chi connectivity index (χ2n) is 3.59. The molecule has 5 nitrogen and oxygen atoms in total. The van der Waals surface area contributed by atoms with E-state index in [4.69, 9.17) is 0 Å². The van der Waals surface area contributed by atoms with Gasteiger partial charge in [-0.05, 0) is 19.1 Å². The summed E-state index contributed by atoms with van der Waals surface area (Å²) >= 11 is 0. The average Bonchev–Trinajstić information content (AvgIpc) is 2.39. The van der Waals surface area contributed by atoms with Gasteiger partial charge in [-0.15, -0.1) is 0 Å². The fourth-order valence-electron chi connectivity index (χ4n) is 1.75. The smallest absolute Gasteiger partial charge is 0.275 e. The molecule has 0 unspecified atom stereocenters. The maximum Gasteiger partial charge on any atom is 0.275 e. The molecule has 0 atom stereocenters. The maximum absolute atomic E-state index is 12.1. The number of carbonyl (C=O) groups is 1. The Morgan fingerprint density at radius 3 is 2.76 bits per heavy atom. The van der Waals surface area contributed by atoms with Crippen LogP contribution in [0.3, 0.4) is 0 Å². The highest BCUT2D eigenvalue weighted by Crippen LogP contribution is 2.09. The van der Waals surface area contributed by atoms with E-state index in [1.54, 1.807) is 16.8 Å². The molecule has 1 aromatic carbocycles. The third-order valence-corrected chi connectivity index (χ3v) is 2.60. The number of aromatic nitrogens is 2. The van der Waals surface area contributed by atoms with Crippen LogP contribution in [0.25, 0.3) is 10.9 Å². The van der Waals surface area contributed by atoms with Crippen LogP contribution < -0.4 is 10.7 Å². The van der Waals surface area contributed by atoms with Crippen molar-refractivity contribution in [1.82, 2.24) is 15.1 Å². The zero-order valence-corrected chi connectivity index (χ0v) is 9.73. The highest BCUT2D eigenvalue weighted by molar-refractivity contribution is 5.95. The number of aryl methyl sites for hydroxylation is 1. The summed E-state index contributed by atoms with van der Waals surface area (Å²) in [6.45, 7) is 2.52. The Morgan fingerprint density at radius 1 is 1.41 bits per heavy atom. The lowest BCUT2D eigenvalue weighted by Crippen LogP contribution is -2.29. The molecule has 5 heteroatoms. The van der Waals surface area contributed by atoms with Crippen molar-refractivity contribution in [1.29, 1.82) is 0 Å². The van der Waals surface area contributed by atoms with Crippen LogP contribution in [0.15, 0.2) is 29.1 Å². The van der Waals surface area contributed by atoms with Gasteiger partial charge in [0.15, 0.2) is 5.69 Å². The Balaban J connectivity index is 2.85. The van der Waals surface area contributed by atoms with Crippen LogP contribution in [-0.2, 0) is 6.54 Å². The highest BCUT2D eigenvalue weighted by Gasteiger charge is 2.15. The van der Waals surface area contributed by atoms with E-state index in [0.29, 0.717) is 11.9 Å². The van der Waals surface area contributed by atoms with Crippen LogP contribution in [0.1, 0.15) is 17.4 Å². The van der Waals surface area contributed by atoms with E-state index in [-0.39, 0.29) is 11.1 Å². The van der Waals surface area contributed by atoms with Crippen molar-refractivity contribution in [2.75, 3.05) is 7.05 Å². The minimum Gasteiger partial charge on any atom is -0.354 e. The molecule has 17 heavy (non-hydrogen) atoms. The summed E-state index contributed by atoms with van der Waals surface area (Å²) in [5.41, 5.74) is 0.352. The van der Waals surface area contributed by atoms with Crippen molar-refractivity contribution in [3.63, 3.8) is 0 Å². The molecule has 1 amide bonds. The van der Waals surface area contributed by atoms with Crippen LogP contribution in [0.2, 0.25) is 0 Å². The molecule has 0 spiro atoms. The van der Waals surface area contributed by atoms with Gasteiger partial charge in [-0.2, -0.15) is 5.10 Å². The first-order valence-corrected chi connectivity index (χ1v) is 5.41. The lowest BCUT2D eigenvalue weighted by Gasteiger charge is -2.08. The van der Waals surface area contributed by atoms with Gasteiger partial charge in [-0.25, -0.2) is 0 Å². The van der Waals surface area contributed by atoms with E-state index in [9.17, 15) is 9.59 Å². The van der Waals surface area contributed by atoms with Crippen LogP contribution in [0.4, 0.5) is 0 Å². The fourth-order valence-corrected chi connectivity index (χ4v) is 1.75. The molecule has 1 heterocycles. The zero-order chi connectivity index (χ0) is 12.4. The van der Waals surface area contributed by atoms with Crippen molar-refractivity contribution < 1.29 is 4.79 Å². The van der Waals surface area contributed by atoms with Crippen molar-refractivity contribution in [2.24, 2.45) is 0 Å². The molecule has 0 fully saturated rings. The Hall–Kier alpha value is -2.17. The number of nitrogens with zero attached hydrogens (tertiary/aromatic N) is 2. The fraction of sp³-hybridized carbons (Fsp3) is 0.250. The van der Waals surface area contributed by atoms with E-state index in [1.165, 1.54) is 7.05 Å². The molecule has 0 aliphatic heterocycles. The number of rotatable bonds is 2. The maximum atomic E-state index is 12.1. The minimum absolute atomic E-state index is 0.0620. The molecule has 0 aliphatic carbocycles. The monoisotopic (exact) mass is 231 g/mol. The molecule has 0 radical (unpaired) electrons. The Kier molecular flexibility index (Phi) is 2.91. The summed E-state index contributed by atoms with van der Waals surface area (Å²) < 4.78 is 1.65. The molecular weight excluding hydrogens is 218 g/mol. The predicted molar refractivity (Wildman–Crippen MR) is 65.1 cm³/mol. The summed E-state index contributed by atoms with van der Waals surface area (Å²) in [4.78, 5) is 23.6. The number of hydrogen-bond acceptors (Lipinski definition) is 3. The predicted octanol–water partition coefficient (Wildman–Crippen LogP) is 0.776. The molecule has 0 saturated carbocycles. The summed E-state index contributed by atoms with van der Waals surface area (Å²) in [5.74, 6) is -0.456. The number of amides is 1. The van der Waals surface area contributed by atoms with Gasteiger partial charge in [0.05, 0.1) is 5.52 Å². The third-order valence-electron chi connectivity index (χ3n) is 2.60. The second-order valence-corrected chi connectivity index (χ2v) is 3.59. The standard InChI is InChI=1S/C12H13N3O2/c1-3-15-9-7-5-4-6-8(9)11(16)10(14-15)12(17)13-2/h4-7H,3H2,1-2H3,(H,13,17). The van der Waals surface area contributed by atoms with Gasteiger partial charge in [-0.1, -0.05) is 12.1 Å². The van der Waals surface area contributed by atoms with E-state index in [0.717, 1.165) is 5.52 Å². The Bertz CT molecular complexity index is 631. The SMILES string of the molecule is CCn1nc(C(=O)NC)c(=O)c2ccccc21. The molecule has 2 rings (SSSR count). The van der Waals surface area contributed by atoms with Gasteiger partial charge in [0.25, 0.3) is 5.91 Å². The third kappa shape index (κ3) is 1.80. The molecular formula is C12H13N3O2. The molecule has 1 aromatic heterocycles. The quantitative estimate of drug-likeness (QED) is 0.830. The number of para-hydroxylation sites is 1. The van der Waals surface area contributed by atoms with E-state index in [2.05, 4.69) is 10.4 Å². The average molecular weight is 231 g/mol. The van der Waals surface area contributed by atoms with Crippen LogP contribution >= 0.6 is 0 Å². The minimum atomic E-state index is -0.456. The van der Waals surface area contributed by atoms with Gasteiger partial charge >= 0.3 is 0 Å². The molecule has 0 bridgehead atoms. The number of carbonyl (C=O) groups excluding carboxylic acids is 1. The molecule has 0 saturated heterocycles. The second kappa shape index (κ2) is 4.37. The van der Waals surface area contributed by atoms with Gasteiger partial charge in [0, 0.05) is 19.0 Å². The van der Waals surface area contributed by atoms with E-state index in [1.807, 2.05) is 19.1 Å². The molecule has 2 aromatic rings. The van der Waals surface area contributed by atoms with Crippen molar-refractivity contribution >= 4 is 16.8 Å². The Labute approximate surface area is 98.1 Å².